The first kappa shape index (κ1) is 15.8. The summed E-state index contributed by atoms with van der Waals surface area (Å²) < 4.78 is 0. The molecule has 5 heteroatoms. The predicted molar refractivity (Wildman–Crippen MR) is 85.0 cm³/mol. The fraction of sp³-hybridized carbons (Fsp3) is 0.625. The number of rotatable bonds is 7. The molecule has 0 aliphatic heterocycles. The smallest absolute Gasteiger partial charge is 0.251 e. The molecule has 0 spiro atoms. The molecule has 0 saturated heterocycles. The van der Waals surface area contributed by atoms with Gasteiger partial charge in [0.2, 0.25) is 0 Å². The summed E-state index contributed by atoms with van der Waals surface area (Å²) in [6.07, 6.45) is 4.67. The van der Waals surface area contributed by atoms with Crippen molar-refractivity contribution >= 4 is 11.7 Å². The SMILES string of the molecule is CCC(CC1CC1)NC(=O)c1cc(NN)nc(C(C)C)c1. The lowest BCUT2D eigenvalue weighted by atomic mass is 10.0. The number of hydrogen-bond acceptors (Lipinski definition) is 4. The van der Waals surface area contributed by atoms with Gasteiger partial charge < -0.3 is 10.7 Å². The predicted octanol–water partition coefficient (Wildman–Crippen LogP) is 2.80. The Morgan fingerprint density at radius 1 is 1.43 bits per heavy atom. The molecule has 5 nitrogen and oxygen atoms in total. The number of nitrogens with one attached hydrogen (secondary N) is 2. The molecule has 1 aromatic rings. The number of aromatic nitrogens is 1. The summed E-state index contributed by atoms with van der Waals surface area (Å²) in [5.41, 5.74) is 4.02. The quantitative estimate of drug-likeness (QED) is 0.533. The van der Waals surface area contributed by atoms with Crippen LogP contribution in [0.2, 0.25) is 0 Å². The first-order valence-electron chi connectivity index (χ1n) is 7.83. The zero-order chi connectivity index (χ0) is 15.4. The maximum atomic E-state index is 12.5. The van der Waals surface area contributed by atoms with Crippen molar-refractivity contribution in [2.24, 2.45) is 11.8 Å². The molecule has 1 aliphatic rings. The van der Waals surface area contributed by atoms with Crippen LogP contribution < -0.4 is 16.6 Å². The van der Waals surface area contributed by atoms with E-state index in [0.717, 1.165) is 24.5 Å². The van der Waals surface area contributed by atoms with Crippen LogP contribution in [-0.4, -0.2) is 16.9 Å². The van der Waals surface area contributed by atoms with E-state index in [9.17, 15) is 4.79 Å². The molecule has 1 heterocycles. The molecule has 0 radical (unpaired) electrons. The second-order valence-corrected chi connectivity index (χ2v) is 6.22. The van der Waals surface area contributed by atoms with E-state index in [4.69, 9.17) is 5.84 Å². The van der Waals surface area contributed by atoms with Gasteiger partial charge >= 0.3 is 0 Å². The third-order valence-corrected chi connectivity index (χ3v) is 3.99. The number of hydrazine groups is 1. The lowest BCUT2D eigenvalue weighted by Gasteiger charge is -2.17. The van der Waals surface area contributed by atoms with Crippen molar-refractivity contribution in [3.05, 3.63) is 23.4 Å². The van der Waals surface area contributed by atoms with Crippen molar-refractivity contribution in [3.8, 4) is 0 Å². The van der Waals surface area contributed by atoms with E-state index in [-0.39, 0.29) is 17.9 Å². The van der Waals surface area contributed by atoms with E-state index >= 15 is 0 Å². The number of nitrogen functional groups attached to an aromatic ring is 1. The van der Waals surface area contributed by atoms with E-state index in [1.165, 1.54) is 12.8 Å². The lowest BCUT2D eigenvalue weighted by Crippen LogP contribution is -2.35. The number of pyridine rings is 1. The molecule has 1 aliphatic carbocycles. The molecule has 0 aromatic carbocycles. The van der Waals surface area contributed by atoms with Crippen molar-refractivity contribution in [3.63, 3.8) is 0 Å². The molecule has 1 saturated carbocycles. The third kappa shape index (κ3) is 4.43. The largest absolute Gasteiger partial charge is 0.349 e. The van der Waals surface area contributed by atoms with E-state index in [1.807, 2.05) is 19.9 Å². The van der Waals surface area contributed by atoms with Crippen LogP contribution in [0, 0.1) is 5.92 Å². The summed E-state index contributed by atoms with van der Waals surface area (Å²) in [5, 5.41) is 3.14. The Morgan fingerprint density at radius 2 is 2.14 bits per heavy atom. The minimum absolute atomic E-state index is 0.0386. The second kappa shape index (κ2) is 6.89. The van der Waals surface area contributed by atoms with Crippen LogP contribution in [0.25, 0.3) is 0 Å². The summed E-state index contributed by atoms with van der Waals surface area (Å²) in [6, 6.07) is 3.81. The van der Waals surface area contributed by atoms with Gasteiger partial charge in [-0.15, -0.1) is 0 Å². The van der Waals surface area contributed by atoms with E-state index in [1.54, 1.807) is 6.07 Å². The molecule has 116 valence electrons. The van der Waals surface area contributed by atoms with Gasteiger partial charge in [-0.3, -0.25) is 4.79 Å². The van der Waals surface area contributed by atoms with Gasteiger partial charge in [0.25, 0.3) is 5.91 Å². The standard InChI is InChI=1S/C16H26N4O/c1-4-13(7-11-5-6-11)18-16(21)12-8-14(10(2)3)19-15(9-12)20-17/h8-11,13H,4-7,17H2,1-3H3,(H,18,21)(H,19,20). The van der Waals surface area contributed by atoms with Gasteiger partial charge in [0.05, 0.1) is 0 Å². The zero-order valence-electron chi connectivity index (χ0n) is 13.1. The van der Waals surface area contributed by atoms with Gasteiger partial charge in [0, 0.05) is 17.3 Å². The van der Waals surface area contributed by atoms with Gasteiger partial charge in [-0.05, 0) is 36.8 Å². The highest BCUT2D eigenvalue weighted by molar-refractivity contribution is 5.95. The first-order valence-corrected chi connectivity index (χ1v) is 7.83. The fourth-order valence-corrected chi connectivity index (χ4v) is 2.41. The van der Waals surface area contributed by atoms with Crippen molar-refractivity contribution in [2.45, 2.75) is 58.4 Å². The van der Waals surface area contributed by atoms with Crippen LogP contribution in [0.3, 0.4) is 0 Å². The number of carbonyl (C=O) groups is 1. The van der Waals surface area contributed by atoms with Crippen LogP contribution in [-0.2, 0) is 0 Å². The zero-order valence-corrected chi connectivity index (χ0v) is 13.1. The molecular weight excluding hydrogens is 264 g/mol. The monoisotopic (exact) mass is 290 g/mol. The highest BCUT2D eigenvalue weighted by atomic mass is 16.1. The number of amides is 1. The minimum atomic E-state index is -0.0386. The summed E-state index contributed by atoms with van der Waals surface area (Å²) in [7, 11) is 0. The Morgan fingerprint density at radius 3 is 2.67 bits per heavy atom. The third-order valence-electron chi connectivity index (χ3n) is 3.99. The molecule has 1 fully saturated rings. The summed E-state index contributed by atoms with van der Waals surface area (Å²) in [6.45, 7) is 6.21. The Labute approximate surface area is 126 Å². The normalized spacial score (nSPS) is 15.9. The maximum absolute atomic E-state index is 12.5. The van der Waals surface area contributed by atoms with Gasteiger partial charge in [-0.1, -0.05) is 33.6 Å². The van der Waals surface area contributed by atoms with E-state index in [2.05, 4.69) is 22.7 Å². The highest BCUT2D eigenvalue weighted by Gasteiger charge is 2.25. The van der Waals surface area contributed by atoms with E-state index < -0.39 is 0 Å². The fourth-order valence-electron chi connectivity index (χ4n) is 2.41. The number of carbonyl (C=O) groups excluding carboxylic acids is 1. The molecular formula is C16H26N4O. The Kier molecular flexibility index (Phi) is 5.17. The van der Waals surface area contributed by atoms with Crippen molar-refractivity contribution in [2.75, 3.05) is 5.43 Å². The summed E-state index contributed by atoms with van der Waals surface area (Å²) in [5.74, 6) is 6.99. The molecule has 1 amide bonds. The molecule has 2 rings (SSSR count). The summed E-state index contributed by atoms with van der Waals surface area (Å²) in [4.78, 5) is 16.8. The minimum Gasteiger partial charge on any atom is -0.349 e. The van der Waals surface area contributed by atoms with Gasteiger partial charge in [-0.2, -0.15) is 0 Å². The number of nitrogens with zero attached hydrogens (tertiary/aromatic N) is 1. The van der Waals surface area contributed by atoms with Crippen molar-refractivity contribution in [1.82, 2.24) is 10.3 Å². The topological polar surface area (TPSA) is 80.0 Å². The number of nitrogens with two attached hydrogens (primary N) is 1. The Hall–Kier alpha value is -1.62. The van der Waals surface area contributed by atoms with Gasteiger partial charge in [0.15, 0.2) is 0 Å². The highest BCUT2D eigenvalue weighted by Crippen LogP contribution is 2.34. The van der Waals surface area contributed by atoms with Gasteiger partial charge in [-0.25, -0.2) is 10.8 Å². The van der Waals surface area contributed by atoms with Crippen LogP contribution in [0.1, 0.15) is 68.4 Å². The molecule has 1 unspecified atom stereocenters. The van der Waals surface area contributed by atoms with Crippen LogP contribution in [0.5, 0.6) is 0 Å². The Bertz CT molecular complexity index is 497. The molecule has 1 atom stereocenters. The molecule has 21 heavy (non-hydrogen) atoms. The Balaban J connectivity index is 2.11. The second-order valence-electron chi connectivity index (χ2n) is 6.22. The average molecular weight is 290 g/mol. The lowest BCUT2D eigenvalue weighted by molar-refractivity contribution is 0.0932. The van der Waals surface area contributed by atoms with Crippen molar-refractivity contribution in [1.29, 1.82) is 0 Å². The maximum Gasteiger partial charge on any atom is 0.251 e. The van der Waals surface area contributed by atoms with Crippen molar-refractivity contribution < 1.29 is 4.79 Å². The molecule has 4 N–H and O–H groups in total. The van der Waals surface area contributed by atoms with Crippen LogP contribution in [0.4, 0.5) is 5.82 Å². The average Bonchev–Trinajstić information content (AvgIpc) is 3.29. The van der Waals surface area contributed by atoms with Gasteiger partial charge in [0.1, 0.15) is 5.82 Å². The molecule has 1 aromatic heterocycles. The first-order chi connectivity index (χ1) is 10.0. The molecule has 0 bridgehead atoms. The number of anilines is 1. The van der Waals surface area contributed by atoms with E-state index in [0.29, 0.717) is 11.4 Å². The number of hydrogen-bond donors (Lipinski definition) is 3. The van der Waals surface area contributed by atoms with Crippen LogP contribution >= 0.6 is 0 Å². The summed E-state index contributed by atoms with van der Waals surface area (Å²) >= 11 is 0. The van der Waals surface area contributed by atoms with Crippen LogP contribution in [0.15, 0.2) is 12.1 Å².